The van der Waals surface area contributed by atoms with Gasteiger partial charge in [-0.1, -0.05) is 51.4 Å². The standard InChI is InChI=1S/C42H56O10S/c1-25-13-17-33-27(3)35(45-37-41(33)31(25)19-21-39(5,47-37)49-51-41)43-23-9-7-11-29-15-16-30(53-29)12-8-10-24-44-36-28(4)34-18-14-26(2)32-20-22-40(6)48-38(46-36)42(32,34)52-50-40/h15-16,25-28,31-38H,9-10,13-14,17-24H2,1-6H3/t25-,26-,27-,28-,31+,32+,33+,34+,35?,36?,37-,38-,39-,40-,41-,42-/m1/s1. The Morgan fingerprint density at radius 3 is 1.53 bits per heavy atom. The molecule has 0 aromatic carbocycles. The summed E-state index contributed by atoms with van der Waals surface area (Å²) in [6.45, 7) is 14.0. The van der Waals surface area contributed by atoms with Crippen LogP contribution in [0, 0.1) is 71.0 Å². The molecule has 1 aromatic heterocycles. The van der Waals surface area contributed by atoms with Crippen molar-refractivity contribution < 1.29 is 48.0 Å². The summed E-state index contributed by atoms with van der Waals surface area (Å²) in [4.78, 5) is 26.3. The van der Waals surface area contributed by atoms with Gasteiger partial charge in [-0.05, 0) is 88.2 Å². The van der Waals surface area contributed by atoms with E-state index in [0.717, 1.165) is 48.3 Å². The van der Waals surface area contributed by atoms with Crippen LogP contribution in [0.15, 0.2) is 12.1 Å². The van der Waals surface area contributed by atoms with Crippen molar-refractivity contribution in [3.8, 4) is 23.7 Å². The average Bonchev–Trinajstić information content (AvgIpc) is 3.29. The molecule has 4 bridgehead atoms. The molecular formula is C42H56O10S. The van der Waals surface area contributed by atoms with Gasteiger partial charge in [0.1, 0.15) is 0 Å². The molecule has 2 aliphatic carbocycles. The quantitative estimate of drug-likeness (QED) is 0.164. The molecule has 290 valence electrons. The minimum absolute atomic E-state index is 0.154. The zero-order chi connectivity index (χ0) is 36.6. The number of hydrogen-bond acceptors (Lipinski definition) is 11. The number of rotatable bonds is 6. The molecule has 10 fully saturated rings. The van der Waals surface area contributed by atoms with Crippen LogP contribution in [0.4, 0.5) is 0 Å². The predicted molar refractivity (Wildman–Crippen MR) is 193 cm³/mol. The fraction of sp³-hybridized carbons (Fsp3) is 0.810. The highest BCUT2D eigenvalue weighted by atomic mass is 32.1. The molecule has 0 radical (unpaired) electrons. The van der Waals surface area contributed by atoms with Crippen molar-refractivity contribution in [3.05, 3.63) is 21.9 Å². The third-order valence-corrected chi connectivity index (χ3v) is 15.2. The SMILES string of the molecule is C[C@@H]1CC[C@H]2[C@@H](C)C(OCCC#Cc3ccc(C#CCCOC4O[C@@H]5O[C@@]6(C)CC[C@H]7[C@H](C)CC[C@@H]([C@H]4C)[C@@]57OO6)s3)O[C@@H]3O[C@@]4(C)CC[C@@H]1[C@]32OO4. The minimum atomic E-state index is -0.786. The normalized spacial score (nSPS) is 49.3. The Balaban J connectivity index is 0.749. The molecular weight excluding hydrogens is 697 g/mol. The Morgan fingerprint density at radius 1 is 0.623 bits per heavy atom. The van der Waals surface area contributed by atoms with Crippen LogP contribution in [-0.2, 0) is 48.0 Å². The van der Waals surface area contributed by atoms with E-state index >= 15 is 0 Å². The lowest BCUT2D eigenvalue weighted by molar-refractivity contribution is -0.577. The van der Waals surface area contributed by atoms with Gasteiger partial charge in [0.15, 0.2) is 36.4 Å². The summed E-state index contributed by atoms with van der Waals surface area (Å²) in [5.74, 6) is 14.1. The molecule has 8 aliphatic heterocycles. The van der Waals surface area contributed by atoms with E-state index in [4.69, 9.17) is 48.0 Å². The summed E-state index contributed by atoms with van der Waals surface area (Å²) in [5.41, 5.74) is -1.14. The first-order chi connectivity index (χ1) is 25.5. The van der Waals surface area contributed by atoms with Crippen LogP contribution in [0.5, 0.6) is 0 Å². The lowest BCUT2D eigenvalue weighted by Crippen LogP contribution is -2.70. The molecule has 53 heavy (non-hydrogen) atoms. The summed E-state index contributed by atoms with van der Waals surface area (Å²) in [7, 11) is 0. The Morgan fingerprint density at radius 2 is 1.08 bits per heavy atom. The monoisotopic (exact) mass is 752 g/mol. The van der Waals surface area contributed by atoms with Gasteiger partial charge in [-0.15, -0.1) is 11.3 Å². The fourth-order valence-electron chi connectivity index (χ4n) is 11.3. The minimum Gasteiger partial charge on any atom is -0.351 e. The van der Waals surface area contributed by atoms with Gasteiger partial charge in [0.2, 0.25) is 11.6 Å². The first-order valence-corrected chi connectivity index (χ1v) is 21.1. The van der Waals surface area contributed by atoms with Gasteiger partial charge in [0.05, 0.1) is 23.0 Å². The van der Waals surface area contributed by atoms with Gasteiger partial charge in [0, 0.05) is 49.4 Å². The average molecular weight is 753 g/mol. The molecule has 8 saturated heterocycles. The molecule has 0 amide bonds. The van der Waals surface area contributed by atoms with Crippen molar-refractivity contribution in [2.75, 3.05) is 13.2 Å². The summed E-state index contributed by atoms with van der Waals surface area (Å²) >= 11 is 1.60. The lowest BCUT2D eigenvalue weighted by atomic mass is 9.58. The highest BCUT2D eigenvalue weighted by molar-refractivity contribution is 7.13. The molecule has 10 aliphatic rings. The van der Waals surface area contributed by atoms with Gasteiger partial charge >= 0.3 is 0 Å². The highest BCUT2D eigenvalue weighted by Gasteiger charge is 2.71. The van der Waals surface area contributed by atoms with Crippen molar-refractivity contribution in [2.45, 2.75) is 154 Å². The molecule has 16 atom stereocenters. The van der Waals surface area contributed by atoms with Crippen molar-refractivity contribution in [2.24, 2.45) is 47.3 Å². The van der Waals surface area contributed by atoms with E-state index in [0.29, 0.717) is 49.7 Å². The van der Waals surface area contributed by atoms with Crippen molar-refractivity contribution in [1.29, 1.82) is 0 Å². The van der Waals surface area contributed by atoms with Crippen LogP contribution in [-0.4, -0.2) is 61.2 Å². The van der Waals surface area contributed by atoms with Gasteiger partial charge in [-0.25, -0.2) is 19.6 Å². The summed E-state index contributed by atoms with van der Waals surface area (Å²) < 4.78 is 38.6. The topological polar surface area (TPSA) is 92.3 Å². The van der Waals surface area contributed by atoms with E-state index in [1.54, 1.807) is 11.3 Å². The van der Waals surface area contributed by atoms with Crippen molar-refractivity contribution in [1.82, 2.24) is 0 Å². The highest BCUT2D eigenvalue weighted by Crippen LogP contribution is 2.62. The van der Waals surface area contributed by atoms with Crippen molar-refractivity contribution in [3.63, 3.8) is 0 Å². The number of ether oxygens (including phenoxy) is 6. The van der Waals surface area contributed by atoms with E-state index in [1.165, 1.54) is 12.8 Å². The van der Waals surface area contributed by atoms with Gasteiger partial charge in [-0.2, -0.15) is 0 Å². The summed E-state index contributed by atoms with van der Waals surface area (Å²) in [5, 5.41) is 0. The molecule has 11 heteroatoms. The molecule has 2 saturated carbocycles. The Kier molecular flexibility index (Phi) is 9.86. The number of thiophene rings is 1. The molecule has 9 heterocycles. The fourth-order valence-corrected chi connectivity index (χ4v) is 12.1. The Labute approximate surface area is 318 Å². The maximum absolute atomic E-state index is 6.54. The second-order valence-electron chi connectivity index (χ2n) is 17.6. The van der Waals surface area contributed by atoms with E-state index < -0.39 is 35.4 Å². The Bertz CT molecular complexity index is 1530. The van der Waals surface area contributed by atoms with E-state index in [2.05, 4.69) is 51.4 Å². The van der Waals surface area contributed by atoms with Crippen LogP contribution >= 0.6 is 11.3 Å². The lowest BCUT2D eigenvalue weighted by Gasteiger charge is -2.60. The molecule has 0 N–H and O–H groups in total. The third kappa shape index (κ3) is 6.26. The third-order valence-electron chi connectivity index (χ3n) is 14.2. The zero-order valence-electron chi connectivity index (χ0n) is 32.1. The maximum Gasteiger partial charge on any atom is 0.201 e. The van der Waals surface area contributed by atoms with Crippen LogP contribution in [0.1, 0.15) is 116 Å². The second kappa shape index (κ2) is 14.1. The maximum atomic E-state index is 6.54. The van der Waals surface area contributed by atoms with E-state index in [1.807, 2.05) is 26.0 Å². The van der Waals surface area contributed by atoms with Crippen LogP contribution in [0.25, 0.3) is 0 Å². The van der Waals surface area contributed by atoms with Crippen LogP contribution in [0.2, 0.25) is 0 Å². The first kappa shape index (κ1) is 37.0. The number of hydrogen-bond donors (Lipinski definition) is 0. The molecule has 11 rings (SSSR count). The van der Waals surface area contributed by atoms with Crippen molar-refractivity contribution >= 4 is 11.3 Å². The smallest absolute Gasteiger partial charge is 0.201 e. The van der Waals surface area contributed by atoms with Gasteiger partial charge in [-0.3, -0.25) is 0 Å². The van der Waals surface area contributed by atoms with E-state index in [-0.39, 0.29) is 36.3 Å². The molecule has 1 aromatic rings. The predicted octanol–water partition coefficient (Wildman–Crippen LogP) is 7.68. The Hall–Kier alpha value is -1.58. The largest absolute Gasteiger partial charge is 0.351 e. The first-order valence-electron chi connectivity index (χ1n) is 20.2. The van der Waals surface area contributed by atoms with Crippen LogP contribution in [0.3, 0.4) is 0 Å². The number of fused-ring (bicyclic) bond motifs is 4. The van der Waals surface area contributed by atoms with Gasteiger partial charge in [0.25, 0.3) is 0 Å². The van der Waals surface area contributed by atoms with E-state index in [9.17, 15) is 0 Å². The molecule has 2 unspecified atom stereocenters. The second-order valence-corrected chi connectivity index (χ2v) is 18.6. The summed E-state index contributed by atoms with van der Waals surface area (Å²) in [6.07, 6.45) is 7.57. The van der Waals surface area contributed by atoms with Gasteiger partial charge < -0.3 is 28.4 Å². The van der Waals surface area contributed by atoms with Crippen LogP contribution < -0.4 is 0 Å². The zero-order valence-corrected chi connectivity index (χ0v) is 32.9. The molecule has 10 nitrogen and oxygen atoms in total. The summed E-state index contributed by atoms with van der Waals surface area (Å²) in [6, 6.07) is 4.07. The molecule has 2 spiro atoms.